The molecule has 0 radical (unpaired) electrons. The molecule has 1 saturated heterocycles. The molecule has 1 amide bonds. The van der Waals surface area contributed by atoms with Crippen LogP contribution in [-0.4, -0.2) is 39.8 Å². The topological polar surface area (TPSA) is 71.8 Å². The van der Waals surface area contributed by atoms with Crippen molar-refractivity contribution < 1.29 is 4.79 Å². The van der Waals surface area contributed by atoms with Gasteiger partial charge in [0.2, 0.25) is 0 Å². The van der Waals surface area contributed by atoms with Gasteiger partial charge in [-0.15, -0.1) is 11.3 Å². The maximum absolute atomic E-state index is 13.3. The lowest BCUT2D eigenvalue weighted by Gasteiger charge is -2.40. The molecule has 3 fully saturated rings. The summed E-state index contributed by atoms with van der Waals surface area (Å²) in [5, 5.41) is 15.6. The summed E-state index contributed by atoms with van der Waals surface area (Å²) < 4.78 is 2.07. The van der Waals surface area contributed by atoms with Crippen LogP contribution in [0.5, 0.6) is 0 Å². The maximum Gasteiger partial charge on any atom is 0.272 e. The third-order valence-electron chi connectivity index (χ3n) is 6.86. The zero-order valence-corrected chi connectivity index (χ0v) is 17.1. The van der Waals surface area contributed by atoms with Gasteiger partial charge < -0.3 is 10.6 Å². The third kappa shape index (κ3) is 3.07. The van der Waals surface area contributed by atoms with Crippen molar-refractivity contribution in [3.8, 4) is 10.6 Å². The molecular weight excluding hydrogens is 382 g/mol. The summed E-state index contributed by atoms with van der Waals surface area (Å²) in [6.07, 6.45) is 7.86. The molecule has 1 aliphatic heterocycles. The molecule has 2 N–H and O–H groups in total. The summed E-state index contributed by atoms with van der Waals surface area (Å²) in [5.74, 6) is 1.34. The van der Waals surface area contributed by atoms with Crippen LogP contribution in [0.2, 0.25) is 0 Å². The quantitative estimate of drug-likeness (QED) is 0.693. The number of benzene rings is 1. The highest BCUT2D eigenvalue weighted by molar-refractivity contribution is 7.13. The van der Waals surface area contributed by atoms with E-state index in [9.17, 15) is 4.79 Å². The molecule has 3 heterocycles. The summed E-state index contributed by atoms with van der Waals surface area (Å²) in [4.78, 5) is 17.7. The molecule has 3 aliphatic rings. The molecular formula is C22H25N5OS. The van der Waals surface area contributed by atoms with Gasteiger partial charge >= 0.3 is 0 Å². The summed E-state index contributed by atoms with van der Waals surface area (Å²) in [7, 11) is 0. The van der Waals surface area contributed by atoms with Crippen molar-refractivity contribution in [3.63, 3.8) is 0 Å². The standard InChI is InChI=1S/C22H25N5OS/c28-21(25-18-12-23-8-7-13-1-5-16(13)18)20-17-6-2-14(22-24-9-10-29-22)11-19(17)27(26-20)15-3-4-15/h2,6,9-11,13,15-16,18,23H,1,3-5,7-8,12H2,(H,25,28)/t13?,16-,18+/m0/s1. The predicted molar refractivity (Wildman–Crippen MR) is 114 cm³/mol. The number of thiazole rings is 1. The number of aromatic nitrogens is 3. The van der Waals surface area contributed by atoms with Crippen molar-refractivity contribution in [2.75, 3.05) is 13.1 Å². The van der Waals surface area contributed by atoms with E-state index in [1.165, 1.54) is 19.3 Å². The van der Waals surface area contributed by atoms with Crippen LogP contribution in [0.3, 0.4) is 0 Å². The van der Waals surface area contributed by atoms with E-state index >= 15 is 0 Å². The Balaban J connectivity index is 1.34. The van der Waals surface area contributed by atoms with Crippen LogP contribution in [0.25, 0.3) is 21.5 Å². The van der Waals surface area contributed by atoms with Gasteiger partial charge in [0.1, 0.15) is 5.01 Å². The number of amides is 1. The smallest absolute Gasteiger partial charge is 0.272 e. The average Bonchev–Trinajstić information content (AvgIpc) is 3.29. The zero-order valence-electron chi connectivity index (χ0n) is 16.3. The fourth-order valence-corrected chi connectivity index (χ4v) is 5.61. The zero-order chi connectivity index (χ0) is 19.4. The van der Waals surface area contributed by atoms with E-state index in [1.54, 1.807) is 11.3 Å². The highest BCUT2D eigenvalue weighted by Crippen LogP contribution is 2.41. The largest absolute Gasteiger partial charge is 0.346 e. The minimum atomic E-state index is -0.0317. The van der Waals surface area contributed by atoms with Gasteiger partial charge in [-0.3, -0.25) is 9.48 Å². The van der Waals surface area contributed by atoms with E-state index in [4.69, 9.17) is 5.10 Å². The van der Waals surface area contributed by atoms with Crippen LogP contribution >= 0.6 is 11.3 Å². The van der Waals surface area contributed by atoms with Crippen molar-refractivity contribution in [2.24, 2.45) is 11.8 Å². The first kappa shape index (κ1) is 17.6. The molecule has 7 heteroatoms. The Morgan fingerprint density at radius 3 is 2.90 bits per heavy atom. The molecule has 29 heavy (non-hydrogen) atoms. The molecule has 6 nitrogen and oxygen atoms in total. The third-order valence-corrected chi connectivity index (χ3v) is 7.68. The number of rotatable bonds is 4. The van der Waals surface area contributed by atoms with Crippen molar-refractivity contribution in [1.29, 1.82) is 0 Å². The van der Waals surface area contributed by atoms with Gasteiger partial charge in [0.05, 0.1) is 11.6 Å². The lowest BCUT2D eigenvalue weighted by Crippen LogP contribution is -2.49. The second kappa shape index (κ2) is 6.92. The molecule has 1 aromatic carbocycles. The Labute approximate surface area is 173 Å². The number of fused-ring (bicyclic) bond motifs is 2. The molecule has 1 unspecified atom stereocenters. The Morgan fingerprint density at radius 2 is 2.14 bits per heavy atom. The number of hydrogen-bond donors (Lipinski definition) is 2. The highest BCUT2D eigenvalue weighted by atomic mass is 32.1. The average molecular weight is 408 g/mol. The van der Waals surface area contributed by atoms with E-state index in [2.05, 4.69) is 32.4 Å². The molecule has 3 aromatic rings. The van der Waals surface area contributed by atoms with Gasteiger partial charge in [0.15, 0.2) is 5.69 Å². The van der Waals surface area contributed by atoms with E-state index in [0.717, 1.165) is 53.3 Å². The van der Waals surface area contributed by atoms with Crippen LogP contribution in [0, 0.1) is 11.8 Å². The summed E-state index contributed by atoms with van der Waals surface area (Å²) in [5.41, 5.74) is 2.70. The maximum atomic E-state index is 13.3. The minimum Gasteiger partial charge on any atom is -0.346 e. The first-order chi connectivity index (χ1) is 14.3. The second-order valence-electron chi connectivity index (χ2n) is 8.67. The van der Waals surface area contributed by atoms with Crippen LogP contribution < -0.4 is 10.6 Å². The van der Waals surface area contributed by atoms with Gasteiger partial charge in [-0.25, -0.2) is 4.98 Å². The number of carbonyl (C=O) groups excluding carboxylic acids is 1. The van der Waals surface area contributed by atoms with Crippen LogP contribution in [0.4, 0.5) is 0 Å². The van der Waals surface area contributed by atoms with Crippen LogP contribution in [0.15, 0.2) is 29.8 Å². The molecule has 2 saturated carbocycles. The van der Waals surface area contributed by atoms with Gasteiger partial charge in [0, 0.05) is 35.1 Å². The van der Waals surface area contributed by atoms with Crippen LogP contribution in [-0.2, 0) is 0 Å². The van der Waals surface area contributed by atoms with Gasteiger partial charge in [0.25, 0.3) is 5.91 Å². The fraction of sp³-hybridized carbons (Fsp3) is 0.500. The number of carbonyl (C=O) groups is 1. The fourth-order valence-electron chi connectivity index (χ4n) is 4.98. The van der Waals surface area contributed by atoms with Crippen molar-refractivity contribution in [3.05, 3.63) is 35.5 Å². The summed E-state index contributed by atoms with van der Waals surface area (Å²) in [6, 6.07) is 6.88. The van der Waals surface area contributed by atoms with Gasteiger partial charge in [-0.2, -0.15) is 5.10 Å². The normalized spacial score (nSPS) is 26.6. The number of nitrogens with zero attached hydrogens (tertiary/aromatic N) is 3. The number of nitrogens with one attached hydrogen (secondary N) is 2. The van der Waals surface area contributed by atoms with E-state index in [-0.39, 0.29) is 11.9 Å². The molecule has 2 aromatic heterocycles. The Morgan fingerprint density at radius 1 is 1.21 bits per heavy atom. The molecule has 6 rings (SSSR count). The van der Waals surface area contributed by atoms with E-state index in [0.29, 0.717) is 17.7 Å². The Kier molecular flexibility index (Phi) is 4.20. The van der Waals surface area contributed by atoms with E-state index in [1.807, 2.05) is 17.6 Å². The highest BCUT2D eigenvalue weighted by Gasteiger charge is 2.39. The summed E-state index contributed by atoms with van der Waals surface area (Å²) >= 11 is 1.63. The van der Waals surface area contributed by atoms with Crippen molar-refractivity contribution in [1.82, 2.24) is 25.4 Å². The Bertz CT molecular complexity index is 1050. The Hall–Kier alpha value is -2.25. The van der Waals surface area contributed by atoms with Crippen molar-refractivity contribution >= 4 is 28.1 Å². The first-order valence-corrected chi connectivity index (χ1v) is 11.6. The van der Waals surface area contributed by atoms with Gasteiger partial charge in [-0.1, -0.05) is 6.07 Å². The molecule has 2 aliphatic carbocycles. The molecule has 150 valence electrons. The molecule has 0 bridgehead atoms. The minimum absolute atomic E-state index is 0.0317. The lowest BCUT2D eigenvalue weighted by atomic mass is 9.69. The van der Waals surface area contributed by atoms with E-state index < -0.39 is 0 Å². The van der Waals surface area contributed by atoms with Gasteiger partial charge in [-0.05, 0) is 62.6 Å². The lowest BCUT2D eigenvalue weighted by molar-refractivity contribution is 0.0843. The second-order valence-corrected chi connectivity index (χ2v) is 9.56. The monoisotopic (exact) mass is 407 g/mol. The van der Waals surface area contributed by atoms with Crippen molar-refractivity contribution in [2.45, 2.75) is 44.2 Å². The first-order valence-electron chi connectivity index (χ1n) is 10.7. The molecule has 0 spiro atoms. The number of hydrogen-bond acceptors (Lipinski definition) is 5. The summed E-state index contributed by atoms with van der Waals surface area (Å²) in [6.45, 7) is 1.93. The molecule has 3 atom stereocenters. The van der Waals surface area contributed by atoms with Crippen LogP contribution in [0.1, 0.15) is 48.6 Å². The SMILES string of the molecule is O=C(N[C@@H]1CNCCC2CC[C@@H]21)c1nn(C2CC2)c2cc(-c3nccs3)ccc12. The predicted octanol–water partition coefficient (Wildman–Crippen LogP) is 3.61.